The van der Waals surface area contributed by atoms with E-state index in [0.29, 0.717) is 6.54 Å². The largest absolute Gasteiger partial charge is 0.356 e. The van der Waals surface area contributed by atoms with Gasteiger partial charge in [0.1, 0.15) is 12.4 Å². The predicted octanol–water partition coefficient (Wildman–Crippen LogP) is 2.75. The minimum atomic E-state index is 0.518. The highest BCUT2D eigenvalue weighted by atomic mass is 32.2. The third-order valence-electron chi connectivity index (χ3n) is 3.79. The Morgan fingerprint density at radius 1 is 1.16 bits per heavy atom. The molecule has 1 aromatic heterocycles. The van der Waals surface area contributed by atoms with Crippen LogP contribution in [-0.4, -0.2) is 39.6 Å². The van der Waals surface area contributed by atoms with Crippen LogP contribution in [0.15, 0.2) is 40.2 Å². The molecule has 136 valence electrons. The van der Waals surface area contributed by atoms with Crippen LogP contribution in [0.2, 0.25) is 0 Å². The van der Waals surface area contributed by atoms with Crippen LogP contribution in [0.5, 0.6) is 0 Å². The predicted molar refractivity (Wildman–Crippen MR) is 105 cm³/mol. The van der Waals surface area contributed by atoms with Crippen LogP contribution in [0.3, 0.4) is 0 Å². The van der Waals surface area contributed by atoms with Crippen LogP contribution in [0.25, 0.3) is 0 Å². The zero-order valence-corrected chi connectivity index (χ0v) is 16.1. The highest BCUT2D eigenvalue weighted by molar-refractivity contribution is 7.99. The Balaban J connectivity index is 1.83. The Kier molecular flexibility index (Phi) is 8.31. The summed E-state index contributed by atoms with van der Waals surface area (Å²) in [5.74, 6) is 3.59. The molecule has 0 aliphatic heterocycles. The van der Waals surface area contributed by atoms with Gasteiger partial charge in [0.05, 0.1) is 0 Å². The van der Waals surface area contributed by atoms with Crippen LogP contribution >= 0.6 is 11.8 Å². The summed E-state index contributed by atoms with van der Waals surface area (Å²) < 4.78 is 1.97. The molecule has 0 aliphatic carbocycles. The second-order valence-electron chi connectivity index (χ2n) is 5.76. The monoisotopic (exact) mass is 360 g/mol. The average molecular weight is 361 g/mol. The molecule has 0 saturated heterocycles. The van der Waals surface area contributed by atoms with Crippen molar-refractivity contribution in [2.75, 3.05) is 18.8 Å². The number of aliphatic imine (C=N–C) groups is 1. The van der Waals surface area contributed by atoms with E-state index in [1.54, 1.807) is 0 Å². The lowest BCUT2D eigenvalue weighted by molar-refractivity contribution is 0.721. The minimum absolute atomic E-state index is 0.518. The number of hydrogen-bond acceptors (Lipinski definition) is 4. The number of benzene rings is 1. The molecule has 2 N–H and O–H groups in total. The molecule has 25 heavy (non-hydrogen) atoms. The highest BCUT2D eigenvalue weighted by Crippen LogP contribution is 2.15. The molecule has 1 heterocycles. The second kappa shape index (κ2) is 10.8. The van der Waals surface area contributed by atoms with Gasteiger partial charge in [-0.15, -0.1) is 22.0 Å². The number of thioether (sulfide) groups is 1. The first-order valence-corrected chi connectivity index (χ1v) is 9.74. The Hall–Kier alpha value is -2.02. The molecule has 0 amide bonds. The van der Waals surface area contributed by atoms with E-state index in [1.807, 2.05) is 36.4 Å². The van der Waals surface area contributed by atoms with Gasteiger partial charge in [0, 0.05) is 30.8 Å². The van der Waals surface area contributed by atoms with Crippen molar-refractivity contribution in [2.24, 2.45) is 12.0 Å². The van der Waals surface area contributed by atoms with Gasteiger partial charge in [-0.3, -0.25) is 0 Å². The summed E-state index contributed by atoms with van der Waals surface area (Å²) >= 11 is 1.84. The first-order valence-electron chi connectivity index (χ1n) is 8.75. The van der Waals surface area contributed by atoms with Gasteiger partial charge in [-0.05, 0) is 25.5 Å². The SMILES string of the molecule is CCCCNC(=NCc1nnc(C)n1C)NCCSc1ccccc1. The number of guanidine groups is 1. The normalized spacial score (nSPS) is 11.6. The van der Waals surface area contributed by atoms with Crippen LogP contribution in [0, 0.1) is 6.92 Å². The molecule has 0 saturated carbocycles. The topological polar surface area (TPSA) is 67.1 Å². The molecule has 0 unspecified atom stereocenters. The summed E-state index contributed by atoms with van der Waals surface area (Å²) in [5.41, 5.74) is 0. The Morgan fingerprint density at radius 3 is 2.60 bits per heavy atom. The second-order valence-corrected chi connectivity index (χ2v) is 6.92. The third-order valence-corrected chi connectivity index (χ3v) is 4.80. The standard InChI is InChI=1S/C18H28N6S/c1-4-5-11-19-18(21-14-17-23-22-15(2)24(17)3)20-12-13-25-16-9-7-6-8-10-16/h6-10H,4-5,11-14H2,1-3H3,(H2,19,20,21). The van der Waals surface area contributed by atoms with E-state index in [0.717, 1.165) is 49.3 Å². The van der Waals surface area contributed by atoms with Crippen molar-refractivity contribution in [2.45, 2.75) is 38.1 Å². The van der Waals surface area contributed by atoms with Gasteiger partial charge in [0.2, 0.25) is 0 Å². The van der Waals surface area contributed by atoms with Crippen LogP contribution in [0.1, 0.15) is 31.4 Å². The number of hydrogen-bond donors (Lipinski definition) is 2. The molecule has 1 aromatic carbocycles. The van der Waals surface area contributed by atoms with Crippen molar-refractivity contribution in [3.8, 4) is 0 Å². The molecular weight excluding hydrogens is 332 g/mol. The summed E-state index contributed by atoms with van der Waals surface area (Å²) in [7, 11) is 1.97. The van der Waals surface area contributed by atoms with E-state index >= 15 is 0 Å². The van der Waals surface area contributed by atoms with Gasteiger partial charge in [-0.25, -0.2) is 4.99 Å². The lowest BCUT2D eigenvalue weighted by Gasteiger charge is -2.12. The maximum Gasteiger partial charge on any atom is 0.191 e. The molecule has 7 heteroatoms. The lowest BCUT2D eigenvalue weighted by Crippen LogP contribution is -2.39. The number of nitrogens with zero attached hydrogens (tertiary/aromatic N) is 4. The fourth-order valence-corrected chi connectivity index (χ4v) is 2.94. The van der Waals surface area contributed by atoms with Crippen molar-refractivity contribution >= 4 is 17.7 Å². The fraction of sp³-hybridized carbons (Fsp3) is 0.500. The molecule has 0 fully saturated rings. The first-order chi connectivity index (χ1) is 12.2. The minimum Gasteiger partial charge on any atom is -0.356 e. The summed E-state index contributed by atoms with van der Waals surface area (Å²) in [6, 6.07) is 10.4. The molecule has 0 spiro atoms. The summed E-state index contributed by atoms with van der Waals surface area (Å²) in [4.78, 5) is 5.93. The van der Waals surface area contributed by atoms with E-state index in [9.17, 15) is 0 Å². The molecular formula is C18H28N6S. The number of unbranched alkanes of at least 4 members (excludes halogenated alkanes) is 1. The number of rotatable bonds is 9. The maximum absolute atomic E-state index is 4.65. The Labute approximate surface area is 154 Å². The number of nitrogens with one attached hydrogen (secondary N) is 2. The highest BCUT2D eigenvalue weighted by Gasteiger charge is 2.05. The van der Waals surface area contributed by atoms with E-state index in [1.165, 1.54) is 4.90 Å². The summed E-state index contributed by atoms with van der Waals surface area (Å²) in [6.07, 6.45) is 2.29. The van der Waals surface area contributed by atoms with Gasteiger partial charge in [0.15, 0.2) is 11.8 Å². The van der Waals surface area contributed by atoms with Crippen molar-refractivity contribution in [1.82, 2.24) is 25.4 Å². The van der Waals surface area contributed by atoms with Crippen molar-refractivity contribution < 1.29 is 0 Å². The van der Waals surface area contributed by atoms with E-state index in [2.05, 4.69) is 57.0 Å². The zero-order chi connectivity index (χ0) is 17.9. The van der Waals surface area contributed by atoms with Gasteiger partial charge in [-0.1, -0.05) is 31.5 Å². The number of aryl methyl sites for hydroxylation is 1. The van der Waals surface area contributed by atoms with Crippen LogP contribution in [-0.2, 0) is 13.6 Å². The maximum atomic E-state index is 4.65. The Bertz CT molecular complexity index is 653. The van der Waals surface area contributed by atoms with Crippen LogP contribution in [0.4, 0.5) is 0 Å². The Morgan fingerprint density at radius 2 is 1.92 bits per heavy atom. The third kappa shape index (κ3) is 6.78. The molecule has 2 aromatic rings. The van der Waals surface area contributed by atoms with Gasteiger partial charge in [0.25, 0.3) is 0 Å². The fourth-order valence-electron chi connectivity index (χ4n) is 2.15. The van der Waals surface area contributed by atoms with E-state index < -0.39 is 0 Å². The van der Waals surface area contributed by atoms with Gasteiger partial charge in [-0.2, -0.15) is 0 Å². The van der Waals surface area contributed by atoms with E-state index in [-0.39, 0.29) is 0 Å². The van der Waals surface area contributed by atoms with Crippen molar-refractivity contribution in [3.63, 3.8) is 0 Å². The van der Waals surface area contributed by atoms with Gasteiger partial charge < -0.3 is 15.2 Å². The molecule has 6 nitrogen and oxygen atoms in total. The summed E-state index contributed by atoms with van der Waals surface area (Å²) in [6.45, 7) is 6.43. The van der Waals surface area contributed by atoms with E-state index in [4.69, 9.17) is 0 Å². The van der Waals surface area contributed by atoms with Gasteiger partial charge >= 0.3 is 0 Å². The summed E-state index contributed by atoms with van der Waals surface area (Å²) in [5, 5.41) is 15.0. The van der Waals surface area contributed by atoms with Crippen molar-refractivity contribution in [3.05, 3.63) is 42.0 Å². The quantitative estimate of drug-likeness (QED) is 0.311. The van der Waals surface area contributed by atoms with Crippen LogP contribution < -0.4 is 10.6 Å². The van der Waals surface area contributed by atoms with Crippen molar-refractivity contribution in [1.29, 1.82) is 0 Å². The lowest BCUT2D eigenvalue weighted by atomic mass is 10.3. The molecule has 2 rings (SSSR count). The smallest absolute Gasteiger partial charge is 0.191 e. The first kappa shape index (κ1) is 19.3. The molecule has 0 atom stereocenters. The average Bonchev–Trinajstić information content (AvgIpc) is 2.95. The zero-order valence-electron chi connectivity index (χ0n) is 15.3. The molecule has 0 aliphatic rings. The molecule has 0 bridgehead atoms. The number of aromatic nitrogens is 3. The molecule has 0 radical (unpaired) electrons.